The maximum absolute atomic E-state index is 12.8. The van der Waals surface area contributed by atoms with Crippen LogP contribution in [0.3, 0.4) is 0 Å². The number of piperidine rings is 1. The molecule has 1 heterocycles. The van der Waals surface area contributed by atoms with Crippen LogP contribution in [-0.2, 0) is 9.59 Å². The molecular formula is C16H28N2O3. The Morgan fingerprint density at radius 1 is 1.29 bits per heavy atom. The lowest BCUT2D eigenvalue weighted by atomic mass is 9.77. The van der Waals surface area contributed by atoms with Gasteiger partial charge in [-0.25, -0.2) is 0 Å². The summed E-state index contributed by atoms with van der Waals surface area (Å²) < 4.78 is 0. The Balaban J connectivity index is 2.11. The molecule has 0 bridgehead atoms. The summed E-state index contributed by atoms with van der Waals surface area (Å²) in [6.45, 7) is 3.05. The maximum atomic E-state index is 12.8. The van der Waals surface area contributed by atoms with Gasteiger partial charge in [0.1, 0.15) is 0 Å². The van der Waals surface area contributed by atoms with E-state index in [1.807, 2.05) is 0 Å². The molecule has 2 rings (SSSR count). The number of nitrogens with zero attached hydrogens (tertiary/aromatic N) is 1. The first kappa shape index (κ1) is 16.3. The zero-order valence-corrected chi connectivity index (χ0v) is 13.2. The van der Waals surface area contributed by atoms with Crippen molar-refractivity contribution in [2.45, 2.75) is 69.9 Å². The molecule has 0 aromatic rings. The monoisotopic (exact) mass is 296 g/mol. The number of likely N-dealkylation sites (N-methyl/N-ethyl adjacent to an activating group) is 1. The molecule has 1 saturated carbocycles. The van der Waals surface area contributed by atoms with Gasteiger partial charge in [0.05, 0.1) is 18.0 Å². The number of carbonyl (C=O) groups excluding carboxylic acids is 1. The molecule has 1 aliphatic heterocycles. The third-order valence-corrected chi connectivity index (χ3v) is 5.27. The second-order valence-corrected chi connectivity index (χ2v) is 6.89. The number of aliphatic carboxylic acids is 1. The molecule has 2 atom stereocenters. The van der Waals surface area contributed by atoms with Crippen molar-refractivity contribution in [1.29, 1.82) is 0 Å². The van der Waals surface area contributed by atoms with Crippen LogP contribution < -0.4 is 5.32 Å². The van der Waals surface area contributed by atoms with Gasteiger partial charge in [0.15, 0.2) is 0 Å². The van der Waals surface area contributed by atoms with Gasteiger partial charge in [-0.2, -0.15) is 0 Å². The third kappa shape index (κ3) is 3.76. The van der Waals surface area contributed by atoms with Crippen molar-refractivity contribution in [1.82, 2.24) is 10.2 Å². The van der Waals surface area contributed by atoms with Gasteiger partial charge in [-0.05, 0) is 38.1 Å². The van der Waals surface area contributed by atoms with Gasteiger partial charge in [-0.1, -0.05) is 26.2 Å². The topological polar surface area (TPSA) is 69.6 Å². The number of amides is 1. The van der Waals surface area contributed by atoms with Crippen LogP contribution in [0.2, 0.25) is 0 Å². The van der Waals surface area contributed by atoms with Gasteiger partial charge in [-0.3, -0.25) is 9.59 Å². The molecule has 2 unspecified atom stereocenters. The highest BCUT2D eigenvalue weighted by Gasteiger charge is 2.42. The predicted molar refractivity (Wildman–Crippen MR) is 81.0 cm³/mol. The van der Waals surface area contributed by atoms with Gasteiger partial charge in [0.25, 0.3) is 0 Å². The van der Waals surface area contributed by atoms with Gasteiger partial charge >= 0.3 is 5.97 Å². The lowest BCUT2D eigenvalue weighted by Gasteiger charge is -2.45. The van der Waals surface area contributed by atoms with E-state index in [4.69, 9.17) is 0 Å². The molecule has 0 aromatic carbocycles. The lowest BCUT2D eigenvalue weighted by Crippen LogP contribution is -2.58. The van der Waals surface area contributed by atoms with E-state index in [0.717, 1.165) is 51.5 Å². The standard InChI is InChI=1S/C16H28N2O3/c1-12-6-9-17-13(10-12)15(21)18(2)16(11-14(19)20)7-4-3-5-8-16/h12-13,17H,3-11H2,1-2H3,(H,19,20). The van der Waals surface area contributed by atoms with Gasteiger partial charge in [-0.15, -0.1) is 0 Å². The number of nitrogens with one attached hydrogen (secondary N) is 1. The first-order valence-electron chi connectivity index (χ1n) is 8.17. The van der Waals surface area contributed by atoms with Gasteiger partial charge in [0.2, 0.25) is 5.91 Å². The molecule has 120 valence electrons. The van der Waals surface area contributed by atoms with Crippen LogP contribution in [0.15, 0.2) is 0 Å². The fourth-order valence-electron chi connectivity index (χ4n) is 3.89. The van der Waals surface area contributed by atoms with Crippen molar-refractivity contribution in [3.8, 4) is 0 Å². The summed E-state index contributed by atoms with van der Waals surface area (Å²) in [5.74, 6) is -0.179. The zero-order valence-electron chi connectivity index (χ0n) is 13.2. The average molecular weight is 296 g/mol. The van der Waals surface area contributed by atoms with Crippen molar-refractivity contribution in [2.24, 2.45) is 5.92 Å². The summed E-state index contributed by atoms with van der Waals surface area (Å²) in [7, 11) is 1.80. The smallest absolute Gasteiger partial charge is 0.305 e. The minimum absolute atomic E-state index is 0.0670. The molecule has 2 fully saturated rings. The second-order valence-electron chi connectivity index (χ2n) is 6.89. The highest BCUT2D eigenvalue weighted by Crippen LogP contribution is 2.36. The summed E-state index contributed by atoms with van der Waals surface area (Å²) >= 11 is 0. The Labute approximate surface area is 127 Å². The maximum Gasteiger partial charge on any atom is 0.305 e. The fourth-order valence-corrected chi connectivity index (χ4v) is 3.89. The van der Waals surface area contributed by atoms with E-state index in [1.54, 1.807) is 11.9 Å². The summed E-state index contributed by atoms with van der Waals surface area (Å²) in [6.07, 6.45) is 6.81. The number of carboxylic acids is 1. The van der Waals surface area contributed by atoms with E-state index in [-0.39, 0.29) is 18.4 Å². The molecule has 0 spiro atoms. The first-order chi connectivity index (χ1) is 9.94. The Bertz CT molecular complexity index is 391. The Morgan fingerprint density at radius 2 is 1.95 bits per heavy atom. The molecule has 2 N–H and O–H groups in total. The quantitative estimate of drug-likeness (QED) is 0.832. The Hall–Kier alpha value is -1.10. The summed E-state index contributed by atoms with van der Waals surface area (Å²) in [5, 5.41) is 12.6. The van der Waals surface area contributed by atoms with Crippen molar-refractivity contribution in [3.05, 3.63) is 0 Å². The van der Waals surface area contributed by atoms with Crippen LogP contribution in [0, 0.1) is 5.92 Å². The van der Waals surface area contributed by atoms with E-state index in [2.05, 4.69) is 12.2 Å². The van der Waals surface area contributed by atoms with E-state index in [1.165, 1.54) is 0 Å². The van der Waals surface area contributed by atoms with E-state index < -0.39 is 11.5 Å². The molecule has 21 heavy (non-hydrogen) atoms. The SMILES string of the molecule is CC1CCNC(C(=O)N(C)C2(CC(=O)O)CCCCC2)C1. The molecule has 5 nitrogen and oxygen atoms in total. The van der Waals surface area contributed by atoms with Crippen LogP contribution in [0.4, 0.5) is 0 Å². The third-order valence-electron chi connectivity index (χ3n) is 5.27. The molecule has 1 amide bonds. The van der Waals surface area contributed by atoms with Crippen LogP contribution in [0.1, 0.15) is 58.3 Å². The highest BCUT2D eigenvalue weighted by molar-refractivity contribution is 5.83. The molecule has 0 radical (unpaired) electrons. The summed E-state index contributed by atoms with van der Waals surface area (Å²) in [4.78, 5) is 25.8. The number of hydrogen-bond donors (Lipinski definition) is 2. The van der Waals surface area contributed by atoms with Crippen molar-refractivity contribution in [2.75, 3.05) is 13.6 Å². The zero-order chi connectivity index (χ0) is 15.5. The van der Waals surface area contributed by atoms with Gasteiger partial charge < -0.3 is 15.3 Å². The normalized spacial score (nSPS) is 28.9. The van der Waals surface area contributed by atoms with Crippen LogP contribution in [0.5, 0.6) is 0 Å². The second kappa shape index (κ2) is 6.77. The number of rotatable bonds is 4. The Morgan fingerprint density at radius 3 is 2.52 bits per heavy atom. The summed E-state index contributed by atoms with van der Waals surface area (Å²) in [5.41, 5.74) is -0.483. The number of hydrogen-bond acceptors (Lipinski definition) is 3. The van der Waals surface area contributed by atoms with Crippen LogP contribution in [-0.4, -0.2) is 47.1 Å². The fraction of sp³-hybridized carbons (Fsp3) is 0.875. The molecule has 5 heteroatoms. The number of carboxylic acid groups (broad SMARTS) is 1. The van der Waals surface area contributed by atoms with Crippen molar-refractivity contribution in [3.63, 3.8) is 0 Å². The molecule has 2 aliphatic rings. The van der Waals surface area contributed by atoms with Gasteiger partial charge in [0, 0.05) is 7.05 Å². The van der Waals surface area contributed by atoms with Crippen molar-refractivity contribution >= 4 is 11.9 Å². The predicted octanol–water partition coefficient (Wildman–Crippen LogP) is 2.01. The van der Waals surface area contributed by atoms with E-state index in [0.29, 0.717) is 5.92 Å². The molecule has 1 saturated heterocycles. The largest absolute Gasteiger partial charge is 0.481 e. The molecular weight excluding hydrogens is 268 g/mol. The molecule has 1 aliphatic carbocycles. The average Bonchev–Trinajstić information content (AvgIpc) is 2.46. The minimum Gasteiger partial charge on any atom is -0.481 e. The highest BCUT2D eigenvalue weighted by atomic mass is 16.4. The van der Waals surface area contributed by atoms with E-state index >= 15 is 0 Å². The van der Waals surface area contributed by atoms with Crippen LogP contribution in [0.25, 0.3) is 0 Å². The molecule has 0 aromatic heterocycles. The minimum atomic E-state index is -0.804. The van der Waals surface area contributed by atoms with Crippen LogP contribution >= 0.6 is 0 Å². The first-order valence-corrected chi connectivity index (χ1v) is 8.17. The summed E-state index contributed by atoms with van der Waals surface area (Å²) in [6, 6.07) is -0.147. The van der Waals surface area contributed by atoms with E-state index in [9.17, 15) is 14.7 Å². The van der Waals surface area contributed by atoms with Crippen molar-refractivity contribution < 1.29 is 14.7 Å². The Kier molecular flexibility index (Phi) is 5.25. The number of carbonyl (C=O) groups is 2. The lowest BCUT2D eigenvalue weighted by molar-refractivity contribution is -0.147.